The van der Waals surface area contributed by atoms with Gasteiger partial charge in [-0.05, 0) is 29.3 Å². The number of rotatable bonds is 2. The van der Waals surface area contributed by atoms with E-state index in [0.717, 1.165) is 27.7 Å². The highest BCUT2D eigenvalue weighted by Gasteiger charge is 2.33. The fourth-order valence-electron chi connectivity index (χ4n) is 3.36. The number of para-hydroxylation sites is 1. The molecule has 116 valence electrons. The maximum absolute atomic E-state index is 11.5. The van der Waals surface area contributed by atoms with Crippen molar-refractivity contribution >= 4 is 16.9 Å². The highest BCUT2D eigenvalue weighted by molar-refractivity contribution is 5.87. The van der Waals surface area contributed by atoms with E-state index in [1.807, 2.05) is 30.3 Å². The van der Waals surface area contributed by atoms with Gasteiger partial charge in [0, 0.05) is 23.0 Å². The highest BCUT2D eigenvalue weighted by atomic mass is 16.4. The van der Waals surface area contributed by atoms with Crippen LogP contribution in [0.15, 0.2) is 48.5 Å². The van der Waals surface area contributed by atoms with Crippen molar-refractivity contribution in [2.45, 2.75) is 18.5 Å². The van der Waals surface area contributed by atoms with Gasteiger partial charge in [0.15, 0.2) is 0 Å². The number of carboxylic acids is 1. The van der Waals surface area contributed by atoms with E-state index in [4.69, 9.17) is 0 Å². The van der Waals surface area contributed by atoms with Crippen molar-refractivity contribution in [3.8, 4) is 5.75 Å². The first kappa shape index (κ1) is 13.8. The lowest BCUT2D eigenvalue weighted by Crippen LogP contribution is -2.44. The molecule has 0 fully saturated rings. The lowest BCUT2D eigenvalue weighted by atomic mass is 9.90. The van der Waals surface area contributed by atoms with Crippen molar-refractivity contribution in [3.63, 3.8) is 0 Å². The van der Waals surface area contributed by atoms with E-state index < -0.39 is 12.0 Å². The number of carbonyl (C=O) groups is 1. The first-order chi connectivity index (χ1) is 11.1. The Hall–Kier alpha value is -2.79. The molecule has 3 aromatic rings. The Morgan fingerprint density at radius 1 is 1.13 bits per heavy atom. The van der Waals surface area contributed by atoms with Crippen molar-refractivity contribution in [1.29, 1.82) is 0 Å². The molecule has 4 rings (SSSR count). The number of hydrogen-bond acceptors (Lipinski definition) is 3. The zero-order chi connectivity index (χ0) is 16.0. The lowest BCUT2D eigenvalue weighted by molar-refractivity contribution is -0.139. The fourth-order valence-corrected chi connectivity index (χ4v) is 3.36. The highest BCUT2D eigenvalue weighted by Crippen LogP contribution is 2.35. The Morgan fingerprint density at radius 2 is 1.96 bits per heavy atom. The number of carboxylic acid groups (broad SMARTS) is 1. The number of aromatic nitrogens is 1. The van der Waals surface area contributed by atoms with E-state index >= 15 is 0 Å². The summed E-state index contributed by atoms with van der Waals surface area (Å²) in [4.78, 5) is 15.0. The van der Waals surface area contributed by atoms with Gasteiger partial charge in [-0.2, -0.15) is 0 Å². The summed E-state index contributed by atoms with van der Waals surface area (Å²) in [5, 5.41) is 23.5. The minimum Gasteiger partial charge on any atom is -0.508 e. The molecule has 1 aliphatic rings. The summed E-state index contributed by atoms with van der Waals surface area (Å²) in [6, 6.07) is 13.9. The summed E-state index contributed by atoms with van der Waals surface area (Å²) in [5.74, 6) is -0.703. The Bertz CT molecular complexity index is 900. The average molecular weight is 308 g/mol. The zero-order valence-electron chi connectivity index (χ0n) is 12.3. The number of aliphatic carboxylic acids is 1. The summed E-state index contributed by atoms with van der Waals surface area (Å²) in [6.45, 7) is 0. The van der Waals surface area contributed by atoms with Crippen LogP contribution in [0.3, 0.4) is 0 Å². The van der Waals surface area contributed by atoms with Crippen LogP contribution in [0.1, 0.15) is 22.9 Å². The van der Waals surface area contributed by atoms with Gasteiger partial charge in [-0.3, -0.25) is 10.1 Å². The number of phenolic OH excluding ortho intramolecular Hbond substituents is 1. The predicted molar refractivity (Wildman–Crippen MR) is 86.5 cm³/mol. The smallest absolute Gasteiger partial charge is 0.321 e. The number of fused-ring (bicyclic) bond motifs is 3. The molecular formula is C18H16N2O3. The van der Waals surface area contributed by atoms with Crippen molar-refractivity contribution in [1.82, 2.24) is 10.3 Å². The van der Waals surface area contributed by atoms with Crippen molar-refractivity contribution in [2.75, 3.05) is 0 Å². The van der Waals surface area contributed by atoms with Crippen LogP contribution in [-0.4, -0.2) is 27.2 Å². The van der Waals surface area contributed by atoms with Crippen molar-refractivity contribution < 1.29 is 15.0 Å². The maximum atomic E-state index is 11.5. The largest absolute Gasteiger partial charge is 0.508 e. The van der Waals surface area contributed by atoms with E-state index in [9.17, 15) is 15.0 Å². The number of nitrogens with one attached hydrogen (secondary N) is 2. The summed E-state index contributed by atoms with van der Waals surface area (Å²) < 4.78 is 0. The average Bonchev–Trinajstić information content (AvgIpc) is 2.92. The van der Waals surface area contributed by atoms with Crippen LogP contribution in [0, 0.1) is 0 Å². The molecule has 0 amide bonds. The number of aromatic hydroxyl groups is 1. The molecule has 0 saturated heterocycles. The molecular weight excluding hydrogens is 292 g/mol. The molecule has 0 saturated carbocycles. The van der Waals surface area contributed by atoms with E-state index in [1.54, 1.807) is 18.2 Å². The molecule has 23 heavy (non-hydrogen) atoms. The Balaban J connectivity index is 1.91. The maximum Gasteiger partial charge on any atom is 0.321 e. The standard InChI is InChI=1S/C18H16N2O3/c21-11-5-3-4-10(8-11)16-17-13(9-15(20-16)18(22)23)12-6-1-2-7-14(12)19-17/h1-8,15-16,19-21H,9H2,(H,22,23)/t15-,16-/m1/s1. The number of aromatic amines is 1. The van der Waals surface area contributed by atoms with Gasteiger partial charge >= 0.3 is 5.97 Å². The summed E-state index contributed by atoms with van der Waals surface area (Å²) >= 11 is 0. The summed E-state index contributed by atoms with van der Waals surface area (Å²) in [6.07, 6.45) is 0.435. The van der Waals surface area contributed by atoms with Crippen molar-refractivity contribution in [2.24, 2.45) is 0 Å². The van der Waals surface area contributed by atoms with Gasteiger partial charge in [-0.15, -0.1) is 0 Å². The summed E-state index contributed by atoms with van der Waals surface area (Å²) in [7, 11) is 0. The molecule has 2 atom stereocenters. The zero-order valence-corrected chi connectivity index (χ0v) is 12.3. The second kappa shape index (κ2) is 5.14. The molecule has 5 heteroatoms. The first-order valence-corrected chi connectivity index (χ1v) is 7.51. The molecule has 0 radical (unpaired) electrons. The van der Waals surface area contributed by atoms with Gasteiger partial charge < -0.3 is 15.2 Å². The molecule has 1 aromatic heterocycles. The van der Waals surface area contributed by atoms with Gasteiger partial charge in [0.1, 0.15) is 11.8 Å². The number of benzene rings is 2. The fraction of sp³-hybridized carbons (Fsp3) is 0.167. The van der Waals surface area contributed by atoms with E-state index in [-0.39, 0.29) is 11.8 Å². The molecule has 1 aliphatic heterocycles. The lowest BCUT2D eigenvalue weighted by Gasteiger charge is -2.29. The van der Waals surface area contributed by atoms with Gasteiger partial charge in [0.05, 0.1) is 6.04 Å². The van der Waals surface area contributed by atoms with Crippen LogP contribution in [0.5, 0.6) is 5.75 Å². The molecule has 4 N–H and O–H groups in total. The third-order valence-corrected chi connectivity index (χ3v) is 4.41. The predicted octanol–water partition coefficient (Wildman–Crippen LogP) is 2.56. The topological polar surface area (TPSA) is 85.3 Å². The first-order valence-electron chi connectivity index (χ1n) is 7.51. The normalized spacial score (nSPS) is 20.3. The molecule has 0 unspecified atom stereocenters. The molecule has 5 nitrogen and oxygen atoms in total. The third-order valence-electron chi connectivity index (χ3n) is 4.41. The van der Waals surface area contributed by atoms with Gasteiger partial charge in [-0.25, -0.2) is 0 Å². The van der Waals surface area contributed by atoms with E-state index in [0.29, 0.717) is 6.42 Å². The SMILES string of the molecule is O=C(O)[C@H]1Cc2c([nH]c3ccccc23)[C@@H](c2cccc(O)c2)N1. The van der Waals surface area contributed by atoms with E-state index in [2.05, 4.69) is 10.3 Å². The minimum atomic E-state index is -0.869. The third kappa shape index (κ3) is 2.26. The number of H-pyrrole nitrogens is 1. The van der Waals surface area contributed by atoms with E-state index in [1.165, 1.54) is 0 Å². The van der Waals surface area contributed by atoms with Crippen LogP contribution < -0.4 is 5.32 Å². The van der Waals surface area contributed by atoms with Crippen LogP contribution in [0.4, 0.5) is 0 Å². The molecule has 0 aliphatic carbocycles. The second-order valence-corrected chi connectivity index (χ2v) is 5.85. The van der Waals surface area contributed by atoms with Gasteiger partial charge in [0.2, 0.25) is 0 Å². The molecule has 2 heterocycles. The molecule has 0 bridgehead atoms. The molecule has 0 spiro atoms. The second-order valence-electron chi connectivity index (χ2n) is 5.85. The van der Waals surface area contributed by atoms with Crippen LogP contribution in [0.2, 0.25) is 0 Å². The van der Waals surface area contributed by atoms with Crippen LogP contribution in [-0.2, 0) is 11.2 Å². The minimum absolute atomic E-state index is 0.166. The summed E-state index contributed by atoms with van der Waals surface area (Å²) in [5.41, 5.74) is 3.83. The van der Waals surface area contributed by atoms with Gasteiger partial charge in [0.25, 0.3) is 0 Å². The number of phenols is 1. The van der Waals surface area contributed by atoms with Crippen LogP contribution >= 0.6 is 0 Å². The van der Waals surface area contributed by atoms with Crippen molar-refractivity contribution in [3.05, 3.63) is 65.4 Å². The quantitative estimate of drug-likeness (QED) is 0.586. The Labute approximate surface area is 132 Å². The Morgan fingerprint density at radius 3 is 2.74 bits per heavy atom. The van der Waals surface area contributed by atoms with Gasteiger partial charge in [-0.1, -0.05) is 30.3 Å². The molecule has 2 aromatic carbocycles. The Kier molecular flexibility index (Phi) is 3.09. The number of hydrogen-bond donors (Lipinski definition) is 4. The van der Waals surface area contributed by atoms with Crippen LogP contribution in [0.25, 0.3) is 10.9 Å². The monoisotopic (exact) mass is 308 g/mol.